The van der Waals surface area contributed by atoms with Crippen molar-refractivity contribution in [1.29, 1.82) is 0 Å². The molecule has 0 unspecified atom stereocenters. The van der Waals surface area contributed by atoms with E-state index in [9.17, 15) is 23.3 Å². The lowest BCUT2D eigenvalue weighted by atomic mass is 10.2. The molecule has 1 aromatic heterocycles. The maximum absolute atomic E-state index is 12.3. The molecule has 3 rings (SSSR count). The number of anilines is 1. The molecule has 0 bridgehead atoms. The van der Waals surface area contributed by atoms with Crippen LogP contribution in [0, 0.1) is 10.1 Å². The van der Waals surface area contributed by atoms with E-state index in [2.05, 4.69) is 20.2 Å². The summed E-state index contributed by atoms with van der Waals surface area (Å²) in [6, 6.07) is 14.1. The summed E-state index contributed by atoms with van der Waals surface area (Å²) in [5.74, 6) is -0.666. The number of rotatable bonds is 7. The molecule has 144 valence electrons. The molecule has 0 aliphatic rings. The lowest BCUT2D eigenvalue weighted by Crippen LogP contribution is -2.23. The fraction of sp³-hybridized carbons (Fsp3) is 0.0625. The van der Waals surface area contributed by atoms with Crippen molar-refractivity contribution in [3.63, 3.8) is 0 Å². The molecule has 2 N–H and O–H groups in total. The van der Waals surface area contributed by atoms with E-state index in [0.29, 0.717) is 11.3 Å². The van der Waals surface area contributed by atoms with E-state index in [4.69, 9.17) is 0 Å². The van der Waals surface area contributed by atoms with Crippen LogP contribution in [0.3, 0.4) is 0 Å². The molecule has 3 aromatic rings. The lowest BCUT2D eigenvalue weighted by Gasteiger charge is -2.03. The van der Waals surface area contributed by atoms with Gasteiger partial charge in [0.05, 0.1) is 4.92 Å². The minimum Gasteiger partial charge on any atom is -0.296 e. The first-order valence-electron chi connectivity index (χ1n) is 7.78. The lowest BCUT2D eigenvalue weighted by molar-refractivity contribution is -0.384. The Morgan fingerprint density at radius 1 is 1.11 bits per heavy atom. The molecule has 28 heavy (non-hydrogen) atoms. The van der Waals surface area contributed by atoms with E-state index < -0.39 is 20.9 Å². The summed E-state index contributed by atoms with van der Waals surface area (Å²) in [7, 11) is -3.90. The van der Waals surface area contributed by atoms with Gasteiger partial charge in [0.25, 0.3) is 21.6 Å². The van der Waals surface area contributed by atoms with Crippen molar-refractivity contribution in [3.8, 4) is 0 Å². The Morgan fingerprint density at radius 2 is 1.86 bits per heavy atom. The van der Waals surface area contributed by atoms with E-state index >= 15 is 0 Å². The van der Waals surface area contributed by atoms with Crippen LogP contribution in [0.25, 0.3) is 0 Å². The van der Waals surface area contributed by atoms with E-state index in [-0.39, 0.29) is 27.3 Å². The molecule has 0 saturated heterocycles. The van der Waals surface area contributed by atoms with Crippen molar-refractivity contribution in [3.05, 3.63) is 75.8 Å². The average Bonchev–Trinajstić information content (AvgIpc) is 3.17. The zero-order chi connectivity index (χ0) is 20.1. The number of sulfonamides is 1. The number of nitro benzene ring substituents is 1. The van der Waals surface area contributed by atoms with Crippen LogP contribution in [-0.2, 0) is 16.6 Å². The summed E-state index contributed by atoms with van der Waals surface area (Å²) in [6.07, 6.45) is 0. The van der Waals surface area contributed by atoms with Gasteiger partial charge in [0.2, 0.25) is 9.47 Å². The van der Waals surface area contributed by atoms with Crippen LogP contribution in [0.5, 0.6) is 0 Å². The van der Waals surface area contributed by atoms with Gasteiger partial charge in [0.15, 0.2) is 0 Å². The molecule has 0 radical (unpaired) electrons. The second-order valence-corrected chi connectivity index (χ2v) is 8.36. The maximum atomic E-state index is 12.3. The number of benzene rings is 2. The third kappa shape index (κ3) is 4.73. The third-order valence-corrected chi connectivity index (χ3v) is 6.09. The highest BCUT2D eigenvalue weighted by Gasteiger charge is 2.21. The predicted molar refractivity (Wildman–Crippen MR) is 101 cm³/mol. The summed E-state index contributed by atoms with van der Waals surface area (Å²) >= 11 is 0.670. The quantitative estimate of drug-likeness (QED) is 0.339. The van der Waals surface area contributed by atoms with Crippen LogP contribution in [-0.4, -0.2) is 29.4 Å². The summed E-state index contributed by atoms with van der Waals surface area (Å²) in [4.78, 5) is 22.4. The highest BCUT2D eigenvalue weighted by molar-refractivity contribution is 7.91. The molecule has 0 saturated carbocycles. The first kappa shape index (κ1) is 19.5. The van der Waals surface area contributed by atoms with E-state index in [1.54, 1.807) is 24.3 Å². The van der Waals surface area contributed by atoms with Gasteiger partial charge in [-0.05, 0) is 11.6 Å². The van der Waals surface area contributed by atoms with Crippen LogP contribution in [0.4, 0.5) is 10.8 Å². The summed E-state index contributed by atoms with van der Waals surface area (Å²) in [6.45, 7) is 0.0815. The number of aromatic nitrogens is 2. The molecule has 0 fully saturated rings. The Morgan fingerprint density at radius 3 is 2.57 bits per heavy atom. The van der Waals surface area contributed by atoms with Crippen molar-refractivity contribution >= 4 is 38.1 Å². The van der Waals surface area contributed by atoms with E-state index in [0.717, 1.165) is 11.6 Å². The number of carbonyl (C=O) groups excluding carboxylic acids is 1. The van der Waals surface area contributed by atoms with E-state index in [1.165, 1.54) is 18.2 Å². The number of carbonyl (C=O) groups is 1. The Hall–Kier alpha value is -3.22. The number of hydrogen-bond donors (Lipinski definition) is 2. The second-order valence-electron chi connectivity index (χ2n) is 5.44. The van der Waals surface area contributed by atoms with Gasteiger partial charge in [-0.2, -0.15) is 0 Å². The summed E-state index contributed by atoms with van der Waals surface area (Å²) in [5, 5.41) is 20.4. The molecular weight excluding hydrogens is 406 g/mol. The fourth-order valence-electron chi connectivity index (χ4n) is 2.13. The molecule has 10 nitrogen and oxygen atoms in total. The van der Waals surface area contributed by atoms with Crippen molar-refractivity contribution < 1.29 is 18.1 Å². The van der Waals surface area contributed by atoms with Gasteiger partial charge >= 0.3 is 0 Å². The van der Waals surface area contributed by atoms with Gasteiger partial charge in [0, 0.05) is 24.2 Å². The molecule has 2 aromatic carbocycles. The number of nitrogens with one attached hydrogen (secondary N) is 2. The van der Waals surface area contributed by atoms with Gasteiger partial charge in [0.1, 0.15) is 0 Å². The molecule has 0 atom stereocenters. The number of hydrogen-bond acceptors (Lipinski definition) is 8. The van der Waals surface area contributed by atoms with Gasteiger partial charge < -0.3 is 0 Å². The Balaban J connectivity index is 1.68. The van der Waals surface area contributed by atoms with Crippen LogP contribution in [0.2, 0.25) is 0 Å². The van der Waals surface area contributed by atoms with Gasteiger partial charge in [-0.15, -0.1) is 10.2 Å². The Labute approximate surface area is 163 Å². The maximum Gasteiger partial charge on any atom is 0.270 e. The average molecular weight is 419 g/mol. The molecule has 1 heterocycles. The standard InChI is InChI=1S/C16H13N5O5S2/c22-14(12-7-4-8-13(9-12)21(23)24)18-15-19-20-16(27-15)28(25,26)17-10-11-5-2-1-3-6-11/h1-9,17H,10H2,(H,18,19,22). The summed E-state index contributed by atoms with van der Waals surface area (Å²) < 4.78 is 26.7. The minimum atomic E-state index is -3.90. The topological polar surface area (TPSA) is 144 Å². The zero-order valence-electron chi connectivity index (χ0n) is 14.1. The molecule has 12 heteroatoms. The SMILES string of the molecule is O=C(Nc1nnc(S(=O)(=O)NCc2ccccc2)s1)c1cccc([N+](=O)[O-])c1. The highest BCUT2D eigenvalue weighted by atomic mass is 32.2. The van der Waals surface area contributed by atoms with Crippen molar-refractivity contribution in [1.82, 2.24) is 14.9 Å². The molecule has 0 spiro atoms. The first-order valence-corrected chi connectivity index (χ1v) is 10.1. The zero-order valence-corrected chi connectivity index (χ0v) is 15.7. The van der Waals surface area contributed by atoms with Gasteiger partial charge in [-0.3, -0.25) is 20.2 Å². The van der Waals surface area contributed by atoms with Crippen molar-refractivity contribution in [2.75, 3.05) is 5.32 Å². The molecular formula is C16H13N5O5S2. The fourth-order valence-corrected chi connectivity index (χ4v) is 4.09. The number of non-ortho nitro benzene ring substituents is 1. The monoisotopic (exact) mass is 419 g/mol. The van der Waals surface area contributed by atoms with Crippen molar-refractivity contribution in [2.45, 2.75) is 10.9 Å². The van der Waals surface area contributed by atoms with E-state index in [1.807, 2.05) is 6.07 Å². The van der Waals surface area contributed by atoms with Crippen LogP contribution < -0.4 is 10.0 Å². The highest BCUT2D eigenvalue weighted by Crippen LogP contribution is 2.21. The molecule has 1 amide bonds. The molecule has 0 aliphatic carbocycles. The third-order valence-electron chi connectivity index (χ3n) is 3.49. The number of amides is 1. The number of nitro groups is 1. The van der Waals surface area contributed by atoms with Crippen LogP contribution >= 0.6 is 11.3 Å². The molecule has 0 aliphatic heterocycles. The largest absolute Gasteiger partial charge is 0.296 e. The van der Waals surface area contributed by atoms with Crippen LogP contribution in [0.15, 0.2) is 58.9 Å². The minimum absolute atomic E-state index is 0.0380. The Kier molecular flexibility index (Phi) is 5.73. The normalized spacial score (nSPS) is 11.1. The predicted octanol–water partition coefficient (Wildman–Crippen LogP) is 2.18. The smallest absolute Gasteiger partial charge is 0.270 e. The number of nitrogens with zero attached hydrogens (tertiary/aromatic N) is 3. The van der Waals surface area contributed by atoms with Crippen molar-refractivity contribution in [2.24, 2.45) is 0 Å². The second kappa shape index (κ2) is 8.21. The van der Waals surface area contributed by atoms with Gasteiger partial charge in [-0.25, -0.2) is 13.1 Å². The van der Waals surface area contributed by atoms with Gasteiger partial charge in [-0.1, -0.05) is 47.7 Å². The Bertz CT molecular complexity index is 1120. The first-order chi connectivity index (χ1) is 13.3. The van der Waals surface area contributed by atoms with Crippen LogP contribution in [0.1, 0.15) is 15.9 Å². The summed E-state index contributed by atoms with van der Waals surface area (Å²) in [5.41, 5.74) is 0.573.